The highest BCUT2D eigenvalue weighted by molar-refractivity contribution is 9.10. The van der Waals surface area contributed by atoms with E-state index in [1.54, 1.807) is 0 Å². The van der Waals surface area contributed by atoms with Gasteiger partial charge in [-0.25, -0.2) is 0 Å². The van der Waals surface area contributed by atoms with E-state index in [-0.39, 0.29) is 11.8 Å². The molecule has 3 nitrogen and oxygen atoms in total. The number of nitrogens with zero attached hydrogens (tertiary/aromatic N) is 1. The molecule has 1 saturated heterocycles. The van der Waals surface area contributed by atoms with E-state index in [0.717, 1.165) is 36.9 Å². The molecule has 3 aromatic carbocycles. The molecule has 0 aliphatic carbocycles. The lowest BCUT2D eigenvalue weighted by Crippen LogP contribution is -2.40. The van der Waals surface area contributed by atoms with Crippen molar-refractivity contribution in [3.05, 3.63) is 82.3 Å². The Bertz CT molecular complexity index is 941. The molecule has 144 valence electrons. The smallest absolute Gasteiger partial charge is 0.223 e. The van der Waals surface area contributed by atoms with Gasteiger partial charge in [0, 0.05) is 23.5 Å². The number of piperidine rings is 1. The fraction of sp³-hybridized carbons (Fsp3) is 0.292. The number of carbonyl (C=O) groups excluding carboxylic acids is 1. The summed E-state index contributed by atoms with van der Waals surface area (Å²) in [6.45, 7) is 3.50. The molecule has 0 aromatic heterocycles. The second-order valence-corrected chi connectivity index (χ2v) is 8.45. The van der Waals surface area contributed by atoms with E-state index in [0.29, 0.717) is 6.54 Å². The Balaban J connectivity index is 1.28. The van der Waals surface area contributed by atoms with Crippen LogP contribution in [0.5, 0.6) is 0 Å². The Morgan fingerprint density at radius 1 is 0.964 bits per heavy atom. The molecule has 0 saturated carbocycles. The molecule has 4 rings (SSSR count). The first kappa shape index (κ1) is 19.2. The average molecular weight is 437 g/mol. The predicted molar refractivity (Wildman–Crippen MR) is 118 cm³/mol. The lowest BCUT2D eigenvalue weighted by molar-refractivity contribution is -0.126. The molecule has 28 heavy (non-hydrogen) atoms. The quantitative estimate of drug-likeness (QED) is 0.600. The summed E-state index contributed by atoms with van der Waals surface area (Å²) in [5, 5.41) is 5.60. The number of hydrogen-bond acceptors (Lipinski definition) is 2. The van der Waals surface area contributed by atoms with Crippen LogP contribution in [0.2, 0.25) is 0 Å². The third-order valence-electron chi connectivity index (χ3n) is 5.61. The van der Waals surface area contributed by atoms with Crippen molar-refractivity contribution in [2.24, 2.45) is 5.92 Å². The van der Waals surface area contributed by atoms with Crippen molar-refractivity contribution in [3.8, 4) is 0 Å². The number of nitrogens with one attached hydrogen (secondary N) is 1. The van der Waals surface area contributed by atoms with Crippen molar-refractivity contribution in [2.75, 3.05) is 13.1 Å². The van der Waals surface area contributed by atoms with Crippen molar-refractivity contribution >= 4 is 32.6 Å². The number of fused-ring (bicyclic) bond motifs is 1. The second-order valence-electron chi connectivity index (χ2n) is 7.53. The van der Waals surface area contributed by atoms with Gasteiger partial charge in [-0.3, -0.25) is 9.69 Å². The van der Waals surface area contributed by atoms with Crippen molar-refractivity contribution in [3.63, 3.8) is 0 Å². The number of carbonyl (C=O) groups is 1. The monoisotopic (exact) mass is 436 g/mol. The van der Waals surface area contributed by atoms with Crippen LogP contribution in [-0.4, -0.2) is 23.9 Å². The normalized spacial score (nSPS) is 15.6. The highest BCUT2D eigenvalue weighted by Crippen LogP contribution is 2.21. The third kappa shape index (κ3) is 4.62. The van der Waals surface area contributed by atoms with E-state index in [1.807, 2.05) is 6.07 Å². The Hall–Kier alpha value is -2.17. The van der Waals surface area contributed by atoms with Gasteiger partial charge in [0.25, 0.3) is 0 Å². The van der Waals surface area contributed by atoms with Crippen LogP contribution >= 0.6 is 15.9 Å². The zero-order valence-electron chi connectivity index (χ0n) is 15.9. The number of amides is 1. The van der Waals surface area contributed by atoms with Gasteiger partial charge in [0.1, 0.15) is 0 Å². The Morgan fingerprint density at radius 3 is 2.46 bits per heavy atom. The number of rotatable bonds is 5. The Labute approximate surface area is 174 Å². The maximum Gasteiger partial charge on any atom is 0.223 e. The van der Waals surface area contributed by atoms with Gasteiger partial charge in [0.05, 0.1) is 0 Å². The molecule has 3 aromatic rings. The topological polar surface area (TPSA) is 32.3 Å². The molecule has 0 atom stereocenters. The number of hydrogen-bond donors (Lipinski definition) is 1. The van der Waals surface area contributed by atoms with E-state index >= 15 is 0 Å². The average Bonchev–Trinajstić information content (AvgIpc) is 2.74. The van der Waals surface area contributed by atoms with E-state index in [1.165, 1.54) is 21.9 Å². The Kier molecular flexibility index (Phi) is 6.08. The molecule has 1 heterocycles. The molecular weight excluding hydrogens is 412 g/mol. The summed E-state index contributed by atoms with van der Waals surface area (Å²) < 4.78 is 1.11. The minimum atomic E-state index is 0.121. The summed E-state index contributed by atoms with van der Waals surface area (Å²) in [6.07, 6.45) is 1.86. The molecule has 4 heteroatoms. The first-order chi connectivity index (χ1) is 13.7. The molecule has 1 amide bonds. The summed E-state index contributed by atoms with van der Waals surface area (Å²) in [5.74, 6) is 0.312. The largest absolute Gasteiger partial charge is 0.352 e. The third-order valence-corrected chi connectivity index (χ3v) is 6.14. The van der Waals surface area contributed by atoms with Crippen LogP contribution in [0.15, 0.2) is 71.2 Å². The highest BCUT2D eigenvalue weighted by atomic mass is 79.9. The maximum atomic E-state index is 12.7. The second kappa shape index (κ2) is 8.89. The minimum Gasteiger partial charge on any atom is -0.352 e. The van der Waals surface area contributed by atoms with Gasteiger partial charge in [0.15, 0.2) is 0 Å². The fourth-order valence-corrected chi connectivity index (χ4v) is 4.24. The zero-order chi connectivity index (χ0) is 19.3. The number of likely N-dealkylation sites (tertiary alicyclic amines) is 1. The van der Waals surface area contributed by atoms with Crippen molar-refractivity contribution in [2.45, 2.75) is 25.9 Å². The number of benzene rings is 3. The van der Waals surface area contributed by atoms with Crippen molar-refractivity contribution in [1.82, 2.24) is 10.2 Å². The van der Waals surface area contributed by atoms with Crippen LogP contribution in [0.3, 0.4) is 0 Å². The molecule has 1 fully saturated rings. The SMILES string of the molecule is O=C(NCc1cccc2ccccc12)C1CCN(Cc2ccc(Br)cc2)CC1. The van der Waals surface area contributed by atoms with Crippen LogP contribution in [0.4, 0.5) is 0 Å². The van der Waals surface area contributed by atoms with E-state index < -0.39 is 0 Å². The first-order valence-corrected chi connectivity index (χ1v) is 10.7. The van der Waals surface area contributed by atoms with Crippen molar-refractivity contribution < 1.29 is 4.79 Å². The molecule has 1 aliphatic heterocycles. The van der Waals surface area contributed by atoms with Gasteiger partial charge in [0.2, 0.25) is 5.91 Å². The highest BCUT2D eigenvalue weighted by Gasteiger charge is 2.24. The standard InChI is InChI=1S/C24H25BrN2O/c25-22-10-8-18(9-11-22)17-27-14-12-20(13-15-27)24(28)26-16-21-6-3-5-19-4-1-2-7-23(19)21/h1-11,20H,12-17H2,(H,26,28). The van der Waals surface area contributed by atoms with Gasteiger partial charge in [-0.15, -0.1) is 0 Å². The Morgan fingerprint density at radius 2 is 1.68 bits per heavy atom. The van der Waals surface area contributed by atoms with Gasteiger partial charge < -0.3 is 5.32 Å². The van der Waals surface area contributed by atoms with Gasteiger partial charge in [-0.05, 0) is 60.0 Å². The van der Waals surface area contributed by atoms with E-state index in [4.69, 9.17) is 0 Å². The zero-order valence-corrected chi connectivity index (χ0v) is 17.5. The van der Waals surface area contributed by atoms with Crippen LogP contribution in [0.25, 0.3) is 10.8 Å². The fourth-order valence-electron chi connectivity index (χ4n) is 3.97. The van der Waals surface area contributed by atoms with Crippen LogP contribution in [-0.2, 0) is 17.9 Å². The summed E-state index contributed by atoms with van der Waals surface area (Å²) in [6, 6.07) is 23.1. The predicted octanol–water partition coefficient (Wildman–Crippen LogP) is 5.13. The molecule has 0 unspecified atom stereocenters. The van der Waals surface area contributed by atoms with Gasteiger partial charge >= 0.3 is 0 Å². The van der Waals surface area contributed by atoms with Crippen LogP contribution in [0, 0.1) is 5.92 Å². The van der Waals surface area contributed by atoms with Gasteiger partial charge in [-0.1, -0.05) is 70.5 Å². The summed E-state index contributed by atoms with van der Waals surface area (Å²) in [5.41, 5.74) is 2.50. The summed E-state index contributed by atoms with van der Waals surface area (Å²) >= 11 is 3.48. The lowest BCUT2D eigenvalue weighted by atomic mass is 9.95. The molecule has 0 radical (unpaired) electrons. The molecule has 1 aliphatic rings. The summed E-state index contributed by atoms with van der Waals surface area (Å²) in [7, 11) is 0. The van der Waals surface area contributed by atoms with E-state index in [9.17, 15) is 4.79 Å². The lowest BCUT2D eigenvalue weighted by Gasteiger charge is -2.31. The van der Waals surface area contributed by atoms with Gasteiger partial charge in [-0.2, -0.15) is 0 Å². The summed E-state index contributed by atoms with van der Waals surface area (Å²) in [4.78, 5) is 15.1. The van der Waals surface area contributed by atoms with Crippen LogP contribution in [0.1, 0.15) is 24.0 Å². The minimum absolute atomic E-state index is 0.121. The van der Waals surface area contributed by atoms with E-state index in [2.05, 4.69) is 86.8 Å². The first-order valence-electron chi connectivity index (χ1n) is 9.90. The molecule has 0 spiro atoms. The molecule has 1 N–H and O–H groups in total. The van der Waals surface area contributed by atoms with Crippen molar-refractivity contribution in [1.29, 1.82) is 0 Å². The maximum absolute atomic E-state index is 12.7. The molecular formula is C24H25BrN2O. The molecule has 0 bridgehead atoms. The number of halogens is 1. The van der Waals surface area contributed by atoms with Crippen LogP contribution < -0.4 is 5.32 Å².